The fraction of sp³-hybridized carbons (Fsp3) is 0.500. The molecule has 0 radical (unpaired) electrons. The van der Waals surface area contributed by atoms with Gasteiger partial charge in [0.15, 0.2) is 11.5 Å². The quantitative estimate of drug-likeness (QED) is 0.596. The summed E-state index contributed by atoms with van der Waals surface area (Å²) in [6.45, 7) is 5.50. The minimum absolute atomic E-state index is 0.0564. The molecular formula is C14H21N5O. The summed E-state index contributed by atoms with van der Waals surface area (Å²) in [6.07, 6.45) is 8.48. The van der Waals surface area contributed by atoms with Gasteiger partial charge in [-0.2, -0.15) is 0 Å². The molecule has 0 aliphatic rings. The van der Waals surface area contributed by atoms with Crippen LogP contribution in [0.3, 0.4) is 0 Å². The summed E-state index contributed by atoms with van der Waals surface area (Å²) >= 11 is 0. The maximum atomic E-state index is 10.0. The van der Waals surface area contributed by atoms with E-state index in [-0.39, 0.29) is 6.04 Å². The van der Waals surface area contributed by atoms with E-state index in [1.54, 1.807) is 13.3 Å². The number of allylic oxidation sites excluding steroid dienone is 1. The van der Waals surface area contributed by atoms with Gasteiger partial charge in [-0.15, -0.1) is 6.58 Å². The highest BCUT2D eigenvalue weighted by molar-refractivity contribution is 5.81. The number of fused-ring (bicyclic) bond motifs is 1. The van der Waals surface area contributed by atoms with Gasteiger partial charge in [-0.05, 0) is 26.2 Å². The van der Waals surface area contributed by atoms with Crippen LogP contribution in [-0.4, -0.2) is 30.7 Å². The number of anilines is 1. The van der Waals surface area contributed by atoms with E-state index in [1.165, 1.54) is 6.33 Å². The van der Waals surface area contributed by atoms with Crippen molar-refractivity contribution in [1.29, 1.82) is 0 Å². The number of nitrogen functional groups attached to an aromatic ring is 1. The third-order valence-electron chi connectivity index (χ3n) is 3.46. The van der Waals surface area contributed by atoms with E-state index in [0.717, 1.165) is 25.7 Å². The molecule has 0 aliphatic carbocycles. The van der Waals surface area contributed by atoms with Crippen molar-refractivity contribution < 1.29 is 5.11 Å². The van der Waals surface area contributed by atoms with Crippen LogP contribution in [-0.2, 0) is 0 Å². The van der Waals surface area contributed by atoms with Gasteiger partial charge in [0, 0.05) is 0 Å². The predicted molar refractivity (Wildman–Crippen MR) is 79.1 cm³/mol. The van der Waals surface area contributed by atoms with Gasteiger partial charge in [-0.25, -0.2) is 15.0 Å². The van der Waals surface area contributed by atoms with E-state index >= 15 is 0 Å². The summed E-state index contributed by atoms with van der Waals surface area (Å²) < 4.78 is 1.89. The number of imidazole rings is 1. The van der Waals surface area contributed by atoms with Gasteiger partial charge in [-0.1, -0.05) is 12.5 Å². The number of aromatic nitrogens is 4. The number of aliphatic hydroxyl groups excluding tert-OH is 1. The summed E-state index contributed by atoms with van der Waals surface area (Å²) in [7, 11) is 0. The first-order valence-corrected chi connectivity index (χ1v) is 6.87. The monoisotopic (exact) mass is 275 g/mol. The lowest BCUT2D eigenvalue weighted by Crippen LogP contribution is -2.21. The lowest BCUT2D eigenvalue weighted by molar-refractivity contribution is 0.124. The van der Waals surface area contributed by atoms with Gasteiger partial charge in [0.2, 0.25) is 0 Å². The maximum absolute atomic E-state index is 10.0. The molecule has 2 heterocycles. The Labute approximate surface area is 118 Å². The highest BCUT2D eigenvalue weighted by atomic mass is 16.3. The molecule has 2 aromatic rings. The van der Waals surface area contributed by atoms with E-state index in [4.69, 9.17) is 5.73 Å². The number of rotatable bonds is 7. The van der Waals surface area contributed by atoms with Crippen molar-refractivity contribution in [2.75, 3.05) is 5.73 Å². The third-order valence-corrected chi connectivity index (χ3v) is 3.46. The van der Waals surface area contributed by atoms with E-state index in [2.05, 4.69) is 21.5 Å². The van der Waals surface area contributed by atoms with Crippen molar-refractivity contribution in [2.24, 2.45) is 0 Å². The average molecular weight is 275 g/mol. The van der Waals surface area contributed by atoms with Crippen LogP contribution in [0.4, 0.5) is 5.82 Å². The normalized spacial score (nSPS) is 14.3. The first kappa shape index (κ1) is 14.5. The molecule has 2 atom stereocenters. The minimum atomic E-state index is -0.479. The number of unbranched alkanes of at least 4 members (excludes halogenated alkanes) is 2. The second-order valence-corrected chi connectivity index (χ2v) is 4.96. The van der Waals surface area contributed by atoms with Crippen LogP contribution in [0.1, 0.15) is 38.6 Å². The molecule has 0 fully saturated rings. The first-order chi connectivity index (χ1) is 9.65. The van der Waals surface area contributed by atoms with Crippen molar-refractivity contribution in [3.8, 4) is 0 Å². The van der Waals surface area contributed by atoms with Gasteiger partial charge in [-0.3, -0.25) is 0 Å². The topological polar surface area (TPSA) is 89.8 Å². The van der Waals surface area contributed by atoms with E-state index in [1.807, 2.05) is 10.6 Å². The molecule has 20 heavy (non-hydrogen) atoms. The van der Waals surface area contributed by atoms with Crippen LogP contribution in [0, 0.1) is 0 Å². The zero-order valence-electron chi connectivity index (χ0n) is 11.7. The molecule has 3 N–H and O–H groups in total. The number of nitrogens with two attached hydrogens (primary N) is 1. The van der Waals surface area contributed by atoms with Gasteiger partial charge >= 0.3 is 0 Å². The Morgan fingerprint density at radius 1 is 1.40 bits per heavy atom. The Balaban J connectivity index is 2.23. The molecule has 108 valence electrons. The molecule has 0 saturated heterocycles. The van der Waals surface area contributed by atoms with Crippen LogP contribution in [0.2, 0.25) is 0 Å². The Hall–Kier alpha value is -1.95. The standard InChI is InChI=1S/C14H21N5O/c1-3-4-5-6-7-11(10(2)20)19-9-18-12-13(15)16-8-17-14(12)19/h3,8-11,20H,1,4-7H2,2H3,(H2,15,16,17)/t10-,11?/m1/s1. The van der Waals surface area contributed by atoms with E-state index in [0.29, 0.717) is 17.0 Å². The first-order valence-electron chi connectivity index (χ1n) is 6.87. The van der Waals surface area contributed by atoms with Crippen LogP contribution in [0.5, 0.6) is 0 Å². The number of aliphatic hydroxyl groups is 1. The summed E-state index contributed by atoms with van der Waals surface area (Å²) in [6, 6.07) is -0.0564. The molecule has 0 amide bonds. The van der Waals surface area contributed by atoms with Crippen LogP contribution in [0.25, 0.3) is 11.2 Å². The van der Waals surface area contributed by atoms with E-state index in [9.17, 15) is 5.11 Å². The molecule has 0 saturated carbocycles. The predicted octanol–water partition coefficient (Wildman–Crippen LogP) is 2.08. The Bertz CT molecular complexity index is 578. The van der Waals surface area contributed by atoms with Crippen LogP contribution >= 0.6 is 0 Å². The molecule has 2 aromatic heterocycles. The lowest BCUT2D eigenvalue weighted by Gasteiger charge is -2.21. The zero-order valence-corrected chi connectivity index (χ0v) is 11.7. The Kier molecular flexibility index (Phi) is 4.68. The average Bonchev–Trinajstić information content (AvgIpc) is 2.84. The Morgan fingerprint density at radius 2 is 2.20 bits per heavy atom. The largest absolute Gasteiger partial charge is 0.391 e. The minimum Gasteiger partial charge on any atom is -0.391 e. The van der Waals surface area contributed by atoms with Crippen LogP contribution < -0.4 is 5.73 Å². The second kappa shape index (κ2) is 6.47. The fourth-order valence-corrected chi connectivity index (χ4v) is 2.37. The molecule has 6 nitrogen and oxygen atoms in total. The number of hydrogen-bond acceptors (Lipinski definition) is 5. The van der Waals surface area contributed by atoms with Gasteiger partial charge in [0.25, 0.3) is 0 Å². The van der Waals surface area contributed by atoms with Gasteiger partial charge in [0.1, 0.15) is 11.8 Å². The van der Waals surface area contributed by atoms with Crippen LogP contribution in [0.15, 0.2) is 25.3 Å². The Morgan fingerprint density at radius 3 is 2.90 bits per heavy atom. The van der Waals surface area contributed by atoms with Crippen molar-refractivity contribution in [3.63, 3.8) is 0 Å². The molecule has 0 aromatic carbocycles. The van der Waals surface area contributed by atoms with Crippen molar-refractivity contribution in [1.82, 2.24) is 19.5 Å². The van der Waals surface area contributed by atoms with Gasteiger partial charge in [0.05, 0.1) is 18.5 Å². The number of hydrogen-bond donors (Lipinski definition) is 2. The zero-order chi connectivity index (χ0) is 14.5. The lowest BCUT2D eigenvalue weighted by atomic mass is 10.0. The van der Waals surface area contributed by atoms with Crippen molar-refractivity contribution in [2.45, 2.75) is 44.8 Å². The highest BCUT2D eigenvalue weighted by Gasteiger charge is 2.20. The second-order valence-electron chi connectivity index (χ2n) is 4.96. The van der Waals surface area contributed by atoms with Crippen molar-refractivity contribution >= 4 is 17.0 Å². The van der Waals surface area contributed by atoms with E-state index < -0.39 is 6.10 Å². The third kappa shape index (κ3) is 2.96. The molecule has 1 unspecified atom stereocenters. The summed E-state index contributed by atoms with van der Waals surface area (Å²) in [5.74, 6) is 0.366. The molecular weight excluding hydrogens is 254 g/mol. The molecule has 0 bridgehead atoms. The smallest absolute Gasteiger partial charge is 0.165 e. The van der Waals surface area contributed by atoms with Crippen molar-refractivity contribution in [3.05, 3.63) is 25.3 Å². The highest BCUT2D eigenvalue weighted by Crippen LogP contribution is 2.25. The maximum Gasteiger partial charge on any atom is 0.165 e. The molecule has 6 heteroatoms. The number of nitrogens with zero attached hydrogens (tertiary/aromatic N) is 4. The molecule has 0 spiro atoms. The summed E-state index contributed by atoms with van der Waals surface area (Å²) in [5, 5.41) is 10.0. The summed E-state index contributed by atoms with van der Waals surface area (Å²) in [5.41, 5.74) is 7.05. The summed E-state index contributed by atoms with van der Waals surface area (Å²) in [4.78, 5) is 12.4. The fourth-order valence-electron chi connectivity index (χ4n) is 2.37. The SMILES string of the molecule is C=CCCCCC([C@@H](C)O)n1cnc2c(N)ncnc21. The molecule has 2 rings (SSSR count). The molecule has 0 aliphatic heterocycles. The van der Waals surface area contributed by atoms with Gasteiger partial charge < -0.3 is 15.4 Å².